The van der Waals surface area contributed by atoms with Gasteiger partial charge in [0.1, 0.15) is 0 Å². The first-order valence-electron chi connectivity index (χ1n) is 5.09. The third kappa shape index (κ3) is 2.16. The molecule has 0 aromatic heterocycles. The average Bonchev–Trinajstić information content (AvgIpc) is 2.29. The highest BCUT2D eigenvalue weighted by molar-refractivity contribution is 5.78. The van der Waals surface area contributed by atoms with E-state index >= 15 is 0 Å². The highest BCUT2D eigenvalue weighted by Crippen LogP contribution is 2.21. The summed E-state index contributed by atoms with van der Waals surface area (Å²) in [6.07, 6.45) is 0. The van der Waals surface area contributed by atoms with E-state index in [2.05, 4.69) is 49.9 Å². The molecule has 0 N–H and O–H groups in total. The van der Waals surface area contributed by atoms with E-state index in [0.717, 1.165) is 5.57 Å². The molecule has 0 heterocycles. The molecule has 0 saturated carbocycles. The maximum absolute atomic E-state index is 4.14. The molecule has 0 aliphatic carbocycles. The number of rotatable bonds is 2. The zero-order valence-electron chi connectivity index (χ0n) is 8.90. The molecule has 0 unspecified atom stereocenters. The lowest BCUT2D eigenvalue weighted by atomic mass is 9.98. The van der Waals surface area contributed by atoms with Gasteiger partial charge in [-0.1, -0.05) is 66.7 Å². The Bertz CT molecular complexity index is 466. The third-order valence-electron chi connectivity index (χ3n) is 2.49. The Balaban J connectivity index is 2.37. The molecule has 0 radical (unpaired) electrons. The number of hydrogen-bond donors (Lipinski definition) is 0. The van der Waals surface area contributed by atoms with Crippen LogP contribution < -0.4 is 0 Å². The first-order valence-corrected chi connectivity index (χ1v) is 5.09. The molecule has 0 heteroatoms. The maximum Gasteiger partial charge on any atom is -0.0181 e. The van der Waals surface area contributed by atoms with Gasteiger partial charge in [-0.15, -0.1) is 0 Å². The number of hydrogen-bond acceptors (Lipinski definition) is 0. The summed E-state index contributed by atoms with van der Waals surface area (Å²) in [5.74, 6) is 0. The zero-order chi connectivity index (χ0) is 10.7. The lowest BCUT2D eigenvalue weighted by Gasteiger charge is -2.06. The lowest BCUT2D eigenvalue weighted by molar-refractivity contribution is 1.44. The highest BCUT2D eigenvalue weighted by Gasteiger charge is 2.00. The van der Waals surface area contributed by atoms with Gasteiger partial charge in [0.05, 0.1) is 0 Å². The summed E-state index contributed by atoms with van der Waals surface area (Å²) in [6, 6.07) is 18.7. The molecule has 0 bridgehead atoms. The van der Waals surface area contributed by atoms with Gasteiger partial charge < -0.3 is 0 Å². The van der Waals surface area contributed by atoms with Crippen molar-refractivity contribution in [1.82, 2.24) is 0 Å². The van der Waals surface area contributed by atoms with Crippen LogP contribution in [0.1, 0.15) is 16.7 Å². The largest absolute Gasteiger partial charge is 0.0906 e. The van der Waals surface area contributed by atoms with Crippen molar-refractivity contribution in [2.75, 3.05) is 0 Å². The van der Waals surface area contributed by atoms with Crippen LogP contribution in [0.5, 0.6) is 0 Å². The SMILES string of the molecule is C=C(c1ccccc1)c1cccc(C)c1. The van der Waals surface area contributed by atoms with Gasteiger partial charge in [-0.2, -0.15) is 0 Å². The van der Waals surface area contributed by atoms with Crippen LogP contribution >= 0.6 is 0 Å². The van der Waals surface area contributed by atoms with E-state index in [4.69, 9.17) is 0 Å². The quantitative estimate of drug-likeness (QED) is 0.676. The highest BCUT2D eigenvalue weighted by atomic mass is 14.0. The third-order valence-corrected chi connectivity index (χ3v) is 2.49. The monoisotopic (exact) mass is 194 g/mol. The maximum atomic E-state index is 4.14. The smallest absolute Gasteiger partial charge is 0.0181 e. The van der Waals surface area contributed by atoms with Crippen LogP contribution in [0.3, 0.4) is 0 Å². The molecule has 0 nitrogen and oxygen atoms in total. The van der Waals surface area contributed by atoms with Crippen molar-refractivity contribution in [2.24, 2.45) is 0 Å². The van der Waals surface area contributed by atoms with Crippen molar-refractivity contribution >= 4 is 5.57 Å². The van der Waals surface area contributed by atoms with Crippen LogP contribution in [-0.4, -0.2) is 0 Å². The van der Waals surface area contributed by atoms with E-state index in [9.17, 15) is 0 Å². The van der Waals surface area contributed by atoms with Crippen LogP contribution in [0, 0.1) is 6.92 Å². The predicted molar refractivity (Wildman–Crippen MR) is 65.8 cm³/mol. The van der Waals surface area contributed by atoms with Crippen molar-refractivity contribution in [3.05, 3.63) is 77.9 Å². The lowest BCUT2D eigenvalue weighted by Crippen LogP contribution is -1.86. The van der Waals surface area contributed by atoms with E-state index in [1.807, 2.05) is 18.2 Å². The van der Waals surface area contributed by atoms with Crippen LogP contribution in [0.25, 0.3) is 5.57 Å². The molecule has 0 aliphatic rings. The van der Waals surface area contributed by atoms with Crippen molar-refractivity contribution in [1.29, 1.82) is 0 Å². The summed E-state index contributed by atoms with van der Waals surface area (Å²) in [6.45, 7) is 6.24. The first-order chi connectivity index (χ1) is 7.27. The van der Waals surface area contributed by atoms with Gasteiger partial charge >= 0.3 is 0 Å². The number of benzene rings is 2. The molecular formula is C15H14. The molecule has 0 saturated heterocycles. The summed E-state index contributed by atoms with van der Waals surface area (Å²) in [5.41, 5.74) is 4.73. The standard InChI is InChI=1S/C15H14/c1-12-7-6-10-15(11-12)13(2)14-8-4-3-5-9-14/h3-11H,2H2,1H3. The zero-order valence-corrected chi connectivity index (χ0v) is 8.90. The van der Waals surface area contributed by atoms with E-state index in [1.54, 1.807) is 0 Å². The second-order valence-electron chi connectivity index (χ2n) is 3.71. The normalized spacial score (nSPS) is 9.93. The molecule has 2 rings (SSSR count). The molecule has 0 spiro atoms. The Morgan fingerprint density at radius 3 is 2.20 bits per heavy atom. The van der Waals surface area contributed by atoms with E-state index in [-0.39, 0.29) is 0 Å². The van der Waals surface area contributed by atoms with E-state index in [0.29, 0.717) is 0 Å². The van der Waals surface area contributed by atoms with Gasteiger partial charge in [0.15, 0.2) is 0 Å². The summed E-state index contributed by atoms with van der Waals surface area (Å²) in [5, 5.41) is 0. The van der Waals surface area contributed by atoms with Crippen LogP contribution in [0.2, 0.25) is 0 Å². The summed E-state index contributed by atoms with van der Waals surface area (Å²) in [4.78, 5) is 0. The minimum Gasteiger partial charge on any atom is -0.0906 e. The van der Waals surface area contributed by atoms with Gasteiger partial charge in [-0.3, -0.25) is 0 Å². The van der Waals surface area contributed by atoms with Crippen molar-refractivity contribution < 1.29 is 0 Å². The Morgan fingerprint density at radius 1 is 0.867 bits per heavy atom. The molecule has 0 amide bonds. The Morgan fingerprint density at radius 2 is 1.53 bits per heavy atom. The van der Waals surface area contributed by atoms with Crippen molar-refractivity contribution in [3.8, 4) is 0 Å². The molecule has 0 fully saturated rings. The average molecular weight is 194 g/mol. The van der Waals surface area contributed by atoms with E-state index in [1.165, 1.54) is 16.7 Å². The molecule has 0 aliphatic heterocycles. The van der Waals surface area contributed by atoms with Gasteiger partial charge in [0.25, 0.3) is 0 Å². The van der Waals surface area contributed by atoms with Gasteiger partial charge in [-0.05, 0) is 23.6 Å². The molecular weight excluding hydrogens is 180 g/mol. The summed E-state index contributed by atoms with van der Waals surface area (Å²) < 4.78 is 0. The topological polar surface area (TPSA) is 0 Å². The fourth-order valence-corrected chi connectivity index (χ4v) is 1.64. The molecule has 0 atom stereocenters. The van der Waals surface area contributed by atoms with Crippen LogP contribution in [0.4, 0.5) is 0 Å². The van der Waals surface area contributed by atoms with Crippen LogP contribution in [-0.2, 0) is 0 Å². The fourth-order valence-electron chi connectivity index (χ4n) is 1.64. The Hall–Kier alpha value is -1.82. The minimum atomic E-state index is 1.08. The van der Waals surface area contributed by atoms with Crippen molar-refractivity contribution in [2.45, 2.75) is 6.92 Å². The second kappa shape index (κ2) is 4.14. The molecule has 15 heavy (non-hydrogen) atoms. The fraction of sp³-hybridized carbons (Fsp3) is 0.0667. The number of aryl methyl sites for hydroxylation is 1. The second-order valence-corrected chi connectivity index (χ2v) is 3.71. The molecule has 2 aromatic carbocycles. The Labute approximate surface area is 90.9 Å². The van der Waals surface area contributed by atoms with E-state index < -0.39 is 0 Å². The van der Waals surface area contributed by atoms with Crippen LogP contribution in [0.15, 0.2) is 61.2 Å². The van der Waals surface area contributed by atoms with Crippen molar-refractivity contribution in [3.63, 3.8) is 0 Å². The summed E-state index contributed by atoms with van der Waals surface area (Å²) in [7, 11) is 0. The minimum absolute atomic E-state index is 1.08. The molecule has 74 valence electrons. The van der Waals surface area contributed by atoms with Gasteiger partial charge in [0, 0.05) is 0 Å². The van der Waals surface area contributed by atoms with Gasteiger partial charge in [0.2, 0.25) is 0 Å². The van der Waals surface area contributed by atoms with Gasteiger partial charge in [-0.25, -0.2) is 0 Å². The predicted octanol–water partition coefficient (Wildman–Crippen LogP) is 4.06. The summed E-state index contributed by atoms with van der Waals surface area (Å²) >= 11 is 0. The molecule has 2 aromatic rings. The Kier molecular flexibility index (Phi) is 2.68. The first kappa shape index (κ1) is 9.72.